The summed E-state index contributed by atoms with van der Waals surface area (Å²) in [6, 6.07) is 12.4. The lowest BCUT2D eigenvalue weighted by molar-refractivity contribution is -0.0328. The fourth-order valence-electron chi connectivity index (χ4n) is 3.36. The molecule has 0 unspecified atom stereocenters. The molecule has 0 saturated heterocycles. The van der Waals surface area contributed by atoms with Crippen molar-refractivity contribution in [3.05, 3.63) is 81.5 Å². The van der Waals surface area contributed by atoms with E-state index in [0.29, 0.717) is 16.2 Å². The first-order valence-corrected chi connectivity index (χ1v) is 10.2. The molecule has 0 aliphatic heterocycles. The number of pyridine rings is 1. The molecular formula is C21H15ClF3N3O2S. The normalized spacial score (nSPS) is 11.9. The number of nitrogens with zero attached hydrogens (tertiary/aromatic N) is 3. The minimum atomic E-state index is -4.41. The van der Waals surface area contributed by atoms with Crippen LogP contribution in [0.25, 0.3) is 16.6 Å². The van der Waals surface area contributed by atoms with Gasteiger partial charge in [0.05, 0.1) is 28.5 Å². The summed E-state index contributed by atoms with van der Waals surface area (Å²) in [6.45, 7) is 1.75. The van der Waals surface area contributed by atoms with Crippen LogP contribution in [0.15, 0.2) is 64.4 Å². The van der Waals surface area contributed by atoms with Gasteiger partial charge in [0, 0.05) is 16.5 Å². The highest BCUT2D eigenvalue weighted by Crippen LogP contribution is 2.37. The zero-order valence-corrected chi connectivity index (χ0v) is 17.6. The van der Waals surface area contributed by atoms with Crippen molar-refractivity contribution in [1.82, 2.24) is 14.1 Å². The van der Waals surface area contributed by atoms with Crippen LogP contribution in [0, 0.1) is 6.92 Å². The monoisotopic (exact) mass is 465 g/mol. The molecule has 0 bridgehead atoms. The number of benzene rings is 2. The number of imidazole rings is 1. The van der Waals surface area contributed by atoms with Crippen LogP contribution in [0.4, 0.5) is 13.2 Å². The Bertz CT molecular complexity index is 1330. The molecule has 5 nitrogen and oxygen atoms in total. The zero-order chi connectivity index (χ0) is 22.3. The number of fused-ring (bicyclic) bond motifs is 1. The first-order valence-electron chi connectivity index (χ1n) is 9.05. The van der Waals surface area contributed by atoms with E-state index in [2.05, 4.69) is 4.98 Å². The Morgan fingerprint density at radius 1 is 1.13 bits per heavy atom. The topological polar surface area (TPSA) is 60.1 Å². The number of hydrogen-bond acceptors (Lipinski definition) is 4. The third kappa shape index (κ3) is 4.15. The Morgan fingerprint density at radius 3 is 2.52 bits per heavy atom. The van der Waals surface area contributed by atoms with Crippen LogP contribution >= 0.6 is 23.4 Å². The Balaban J connectivity index is 1.74. The van der Waals surface area contributed by atoms with Crippen molar-refractivity contribution < 1.29 is 18.3 Å². The molecule has 4 aromatic rings. The van der Waals surface area contributed by atoms with E-state index in [1.54, 1.807) is 31.3 Å². The van der Waals surface area contributed by atoms with Crippen LogP contribution in [0.2, 0.25) is 5.02 Å². The second kappa shape index (κ2) is 7.97. The van der Waals surface area contributed by atoms with Gasteiger partial charge in [-0.2, -0.15) is 13.2 Å². The van der Waals surface area contributed by atoms with Crippen LogP contribution in [-0.4, -0.2) is 24.7 Å². The number of aromatic hydroxyl groups is 1. The minimum absolute atomic E-state index is 0.0138. The van der Waals surface area contributed by atoms with Crippen LogP contribution in [0.5, 0.6) is 5.88 Å². The highest BCUT2D eigenvalue weighted by atomic mass is 35.5. The Morgan fingerprint density at radius 2 is 1.84 bits per heavy atom. The molecule has 2 heterocycles. The first kappa shape index (κ1) is 21.3. The third-order valence-corrected chi connectivity index (χ3v) is 5.88. The highest BCUT2D eigenvalue weighted by molar-refractivity contribution is 8.00. The number of aromatic nitrogens is 3. The average molecular weight is 466 g/mol. The Labute approximate surface area is 183 Å². The number of rotatable bonds is 4. The Kier molecular flexibility index (Phi) is 5.49. The molecule has 31 heavy (non-hydrogen) atoms. The highest BCUT2D eigenvalue weighted by Gasteiger charge is 2.29. The lowest BCUT2D eigenvalue weighted by atomic mass is 10.1. The number of thioether (sulfide) groups is 1. The van der Waals surface area contributed by atoms with Gasteiger partial charge in [0.1, 0.15) is 0 Å². The second-order valence-corrected chi connectivity index (χ2v) is 8.31. The summed E-state index contributed by atoms with van der Waals surface area (Å²) in [7, 11) is 0. The maximum atomic E-state index is 13.1. The summed E-state index contributed by atoms with van der Waals surface area (Å²) in [5, 5.41) is 11.8. The number of para-hydroxylation sites is 1. The van der Waals surface area contributed by atoms with Gasteiger partial charge in [-0.15, -0.1) is 0 Å². The van der Waals surface area contributed by atoms with Gasteiger partial charge in [-0.05, 0) is 60.6 Å². The van der Waals surface area contributed by atoms with Crippen molar-refractivity contribution in [2.24, 2.45) is 0 Å². The zero-order valence-electron chi connectivity index (χ0n) is 16.0. The molecule has 0 amide bonds. The number of alkyl halides is 3. The number of hydrogen-bond donors (Lipinski definition) is 1. The molecule has 10 heteroatoms. The van der Waals surface area contributed by atoms with E-state index < -0.39 is 11.2 Å². The van der Waals surface area contributed by atoms with E-state index in [1.807, 2.05) is 6.07 Å². The molecule has 160 valence electrons. The van der Waals surface area contributed by atoms with Crippen LogP contribution in [0.1, 0.15) is 11.3 Å². The summed E-state index contributed by atoms with van der Waals surface area (Å²) in [5.74, 6) is -0.280. The van der Waals surface area contributed by atoms with Crippen molar-refractivity contribution in [2.45, 2.75) is 23.9 Å². The summed E-state index contributed by atoms with van der Waals surface area (Å²) in [6.07, 6.45) is 1.60. The molecule has 0 aliphatic carbocycles. The predicted octanol–water partition coefficient (Wildman–Crippen LogP) is 5.51. The van der Waals surface area contributed by atoms with Gasteiger partial charge in [-0.3, -0.25) is 9.55 Å². The average Bonchev–Trinajstić information content (AvgIpc) is 2.92. The minimum Gasteiger partial charge on any atom is -0.493 e. The molecule has 1 N–H and O–H groups in total. The van der Waals surface area contributed by atoms with Crippen molar-refractivity contribution in [1.29, 1.82) is 0 Å². The van der Waals surface area contributed by atoms with Crippen molar-refractivity contribution in [3.63, 3.8) is 0 Å². The molecule has 4 rings (SSSR count). The molecule has 0 spiro atoms. The molecule has 0 aliphatic rings. The van der Waals surface area contributed by atoms with E-state index in [9.17, 15) is 23.1 Å². The van der Waals surface area contributed by atoms with Crippen molar-refractivity contribution >= 4 is 34.3 Å². The van der Waals surface area contributed by atoms with Crippen LogP contribution in [-0.2, 0) is 6.54 Å². The summed E-state index contributed by atoms with van der Waals surface area (Å²) >= 11 is 5.96. The van der Waals surface area contributed by atoms with E-state index in [1.165, 1.54) is 28.8 Å². The number of halogens is 4. The van der Waals surface area contributed by atoms with E-state index in [-0.39, 0.29) is 34.8 Å². The van der Waals surface area contributed by atoms with Gasteiger partial charge in [0.15, 0.2) is 0 Å². The van der Waals surface area contributed by atoms with Gasteiger partial charge in [0.25, 0.3) is 0 Å². The third-order valence-electron chi connectivity index (χ3n) is 4.83. The smallest absolute Gasteiger partial charge is 0.446 e. The molecule has 0 radical (unpaired) electrons. The summed E-state index contributed by atoms with van der Waals surface area (Å²) < 4.78 is 40.1. The van der Waals surface area contributed by atoms with E-state index in [0.717, 1.165) is 15.5 Å². The van der Waals surface area contributed by atoms with E-state index in [4.69, 9.17) is 11.6 Å². The van der Waals surface area contributed by atoms with Gasteiger partial charge < -0.3 is 5.11 Å². The maximum Gasteiger partial charge on any atom is 0.446 e. The van der Waals surface area contributed by atoms with E-state index >= 15 is 0 Å². The molecule has 0 atom stereocenters. The summed E-state index contributed by atoms with van der Waals surface area (Å²) in [4.78, 5) is 17.3. The molecule has 0 saturated carbocycles. The van der Waals surface area contributed by atoms with Gasteiger partial charge in [0.2, 0.25) is 5.88 Å². The molecule has 2 aromatic carbocycles. The second-order valence-electron chi connectivity index (χ2n) is 6.76. The quantitative estimate of drug-likeness (QED) is 0.403. The largest absolute Gasteiger partial charge is 0.493 e. The van der Waals surface area contributed by atoms with Crippen LogP contribution < -0.4 is 5.69 Å². The summed E-state index contributed by atoms with van der Waals surface area (Å²) in [5.41, 5.74) is -2.95. The van der Waals surface area contributed by atoms with Gasteiger partial charge in [-0.1, -0.05) is 23.7 Å². The first-order chi connectivity index (χ1) is 14.7. The SMILES string of the molecule is Cc1c(O)n(-c2ccc(SC(F)(F)F)cc2)c(=O)n1Cc1ccnc2c(Cl)cccc12. The van der Waals surface area contributed by atoms with Crippen molar-refractivity contribution in [2.75, 3.05) is 0 Å². The van der Waals surface area contributed by atoms with Crippen LogP contribution in [0.3, 0.4) is 0 Å². The standard InChI is InChI=1S/C21H15ClF3N3O2S/c1-12-19(29)28(14-5-7-15(8-6-14)31-21(23,24)25)20(30)27(12)11-13-9-10-26-18-16(13)3-2-4-17(18)22/h2-10,29H,11H2,1H3. The predicted molar refractivity (Wildman–Crippen MR) is 114 cm³/mol. The lowest BCUT2D eigenvalue weighted by Crippen LogP contribution is -2.24. The fourth-order valence-corrected chi connectivity index (χ4v) is 4.12. The molecule has 0 fully saturated rings. The molecule has 2 aromatic heterocycles. The molecular weight excluding hydrogens is 451 g/mol. The fraction of sp³-hybridized carbons (Fsp3) is 0.143. The Hall–Kier alpha value is -2.91. The van der Waals surface area contributed by atoms with Gasteiger partial charge >= 0.3 is 11.2 Å². The lowest BCUT2D eigenvalue weighted by Gasteiger charge is -2.08. The maximum absolute atomic E-state index is 13.1. The van der Waals surface area contributed by atoms with Crippen molar-refractivity contribution in [3.8, 4) is 11.6 Å². The van der Waals surface area contributed by atoms with Gasteiger partial charge in [-0.25, -0.2) is 9.36 Å².